The van der Waals surface area contributed by atoms with Crippen molar-refractivity contribution in [2.75, 3.05) is 0 Å². The molecule has 1 heterocycles. The Labute approximate surface area is 228 Å². The van der Waals surface area contributed by atoms with Gasteiger partial charge in [0.05, 0.1) is 11.0 Å². The first kappa shape index (κ1) is 24.7. The highest BCUT2D eigenvalue weighted by molar-refractivity contribution is 5.96. The predicted octanol–water partition coefficient (Wildman–Crippen LogP) is 7.08. The number of fused-ring (bicyclic) bond motifs is 1. The molecule has 196 valence electrons. The molecule has 0 atom stereocenters. The lowest BCUT2D eigenvalue weighted by Crippen LogP contribution is -2.10. The quantitative estimate of drug-likeness (QED) is 0.227. The summed E-state index contributed by atoms with van der Waals surface area (Å²) < 4.78 is 14.9. The van der Waals surface area contributed by atoms with Crippen molar-refractivity contribution in [3.8, 4) is 22.9 Å². The number of amides is 1. The van der Waals surface area contributed by atoms with E-state index in [1.54, 1.807) is 12.1 Å². The number of nitrogens with zero attached hydrogens (tertiary/aromatic N) is 2. The van der Waals surface area contributed by atoms with Gasteiger partial charge in [-0.1, -0.05) is 73.5 Å². The Morgan fingerprint density at radius 2 is 1.44 bits per heavy atom. The van der Waals surface area contributed by atoms with E-state index in [2.05, 4.69) is 4.57 Å². The number of primary amides is 1. The normalized spacial score (nSPS) is 13.5. The fraction of sp³-hybridized carbons (Fsp3) is 0.212. The molecule has 0 aliphatic heterocycles. The molecule has 0 saturated heterocycles. The summed E-state index contributed by atoms with van der Waals surface area (Å²) in [6.07, 6.45) is 4.60. The van der Waals surface area contributed by atoms with Gasteiger partial charge in [0, 0.05) is 17.2 Å². The Hall–Kier alpha value is -4.58. The molecule has 0 unspecified atom stereocenters. The van der Waals surface area contributed by atoms with Crippen LogP contribution in [-0.2, 0) is 13.2 Å². The van der Waals surface area contributed by atoms with Crippen LogP contribution >= 0.6 is 0 Å². The number of imidazole rings is 1. The van der Waals surface area contributed by atoms with Gasteiger partial charge in [-0.15, -0.1) is 0 Å². The standard InChI is InChI=1S/C33H31N3O3/c34-32(37)25-15-17-29-28(19-25)35-33(36(29)27-13-7-8-14-27)26-16-18-30(38-21-23-9-3-1-4-10-23)31(20-26)39-22-24-11-5-2-6-12-24/h1-6,9-12,15-20,27H,7-8,13-14,21-22H2,(H2,34,37). The molecule has 0 bridgehead atoms. The highest BCUT2D eigenvalue weighted by Crippen LogP contribution is 2.39. The smallest absolute Gasteiger partial charge is 0.248 e. The third-order valence-electron chi connectivity index (χ3n) is 7.34. The Kier molecular flexibility index (Phi) is 7.00. The summed E-state index contributed by atoms with van der Waals surface area (Å²) in [5, 5.41) is 0. The molecule has 6 rings (SSSR count). The van der Waals surface area contributed by atoms with Crippen LogP contribution in [0.15, 0.2) is 97.1 Å². The van der Waals surface area contributed by atoms with Crippen molar-refractivity contribution in [1.29, 1.82) is 0 Å². The Bertz CT molecular complexity index is 1590. The van der Waals surface area contributed by atoms with Gasteiger partial charge in [0.15, 0.2) is 11.5 Å². The van der Waals surface area contributed by atoms with Crippen LogP contribution in [-0.4, -0.2) is 15.5 Å². The largest absolute Gasteiger partial charge is 0.485 e. The molecule has 6 heteroatoms. The maximum atomic E-state index is 11.9. The minimum absolute atomic E-state index is 0.354. The fourth-order valence-corrected chi connectivity index (χ4v) is 5.34. The lowest BCUT2D eigenvalue weighted by Gasteiger charge is -2.18. The summed E-state index contributed by atoms with van der Waals surface area (Å²) in [6.45, 7) is 0.866. The van der Waals surface area contributed by atoms with Gasteiger partial charge < -0.3 is 19.8 Å². The monoisotopic (exact) mass is 517 g/mol. The van der Waals surface area contributed by atoms with E-state index in [1.807, 2.05) is 84.9 Å². The van der Waals surface area contributed by atoms with E-state index in [4.69, 9.17) is 20.2 Å². The van der Waals surface area contributed by atoms with E-state index in [9.17, 15) is 4.79 Å². The zero-order chi connectivity index (χ0) is 26.6. The van der Waals surface area contributed by atoms with Crippen molar-refractivity contribution in [1.82, 2.24) is 9.55 Å². The van der Waals surface area contributed by atoms with Crippen molar-refractivity contribution >= 4 is 16.9 Å². The molecule has 0 spiro atoms. The number of hydrogen-bond acceptors (Lipinski definition) is 4. The third-order valence-corrected chi connectivity index (χ3v) is 7.34. The topological polar surface area (TPSA) is 79.4 Å². The van der Waals surface area contributed by atoms with E-state index in [0.29, 0.717) is 36.3 Å². The zero-order valence-corrected chi connectivity index (χ0v) is 21.8. The molecule has 1 aromatic heterocycles. The van der Waals surface area contributed by atoms with Gasteiger partial charge in [0.2, 0.25) is 5.91 Å². The number of rotatable bonds is 9. The number of benzene rings is 4. The molecule has 0 radical (unpaired) electrons. The van der Waals surface area contributed by atoms with Crippen LogP contribution < -0.4 is 15.2 Å². The number of ether oxygens (including phenoxy) is 2. The molecule has 1 aliphatic rings. The summed E-state index contributed by atoms with van der Waals surface area (Å²) in [5.74, 6) is 1.75. The van der Waals surface area contributed by atoms with Gasteiger partial charge in [-0.2, -0.15) is 0 Å². The second-order valence-corrected chi connectivity index (χ2v) is 10.0. The number of aromatic nitrogens is 2. The van der Waals surface area contributed by atoms with Gasteiger partial charge in [-0.25, -0.2) is 4.98 Å². The van der Waals surface area contributed by atoms with E-state index in [1.165, 1.54) is 12.8 Å². The van der Waals surface area contributed by atoms with Gasteiger partial charge in [-0.3, -0.25) is 4.79 Å². The summed E-state index contributed by atoms with van der Waals surface area (Å²) in [5.41, 5.74) is 10.9. The molecule has 5 aromatic rings. The van der Waals surface area contributed by atoms with Gasteiger partial charge in [0.1, 0.15) is 19.0 Å². The lowest BCUT2D eigenvalue weighted by molar-refractivity contribution is 0.100. The Morgan fingerprint density at radius 1 is 0.795 bits per heavy atom. The number of hydrogen-bond donors (Lipinski definition) is 1. The molecule has 1 amide bonds. The summed E-state index contributed by atoms with van der Waals surface area (Å²) >= 11 is 0. The first-order chi connectivity index (χ1) is 19.2. The molecular formula is C33H31N3O3. The van der Waals surface area contributed by atoms with Gasteiger partial charge >= 0.3 is 0 Å². The van der Waals surface area contributed by atoms with E-state index in [0.717, 1.165) is 46.4 Å². The van der Waals surface area contributed by atoms with Crippen LogP contribution in [0.25, 0.3) is 22.4 Å². The molecule has 39 heavy (non-hydrogen) atoms. The number of nitrogens with two attached hydrogens (primary N) is 1. The summed E-state index contributed by atoms with van der Waals surface area (Å²) in [7, 11) is 0. The van der Waals surface area contributed by atoms with Crippen LogP contribution in [0.4, 0.5) is 0 Å². The maximum Gasteiger partial charge on any atom is 0.248 e. The Morgan fingerprint density at radius 3 is 2.08 bits per heavy atom. The highest BCUT2D eigenvalue weighted by atomic mass is 16.5. The molecule has 1 saturated carbocycles. The summed E-state index contributed by atoms with van der Waals surface area (Å²) in [4.78, 5) is 16.9. The van der Waals surface area contributed by atoms with Crippen LogP contribution in [0, 0.1) is 0 Å². The molecule has 4 aromatic carbocycles. The molecule has 1 fully saturated rings. The minimum Gasteiger partial charge on any atom is -0.485 e. The second-order valence-electron chi connectivity index (χ2n) is 10.0. The van der Waals surface area contributed by atoms with Crippen LogP contribution in [0.2, 0.25) is 0 Å². The first-order valence-electron chi connectivity index (χ1n) is 13.5. The van der Waals surface area contributed by atoms with Crippen molar-refractivity contribution < 1.29 is 14.3 Å². The molecule has 2 N–H and O–H groups in total. The maximum absolute atomic E-state index is 11.9. The van der Waals surface area contributed by atoms with E-state index in [-0.39, 0.29) is 0 Å². The van der Waals surface area contributed by atoms with Gasteiger partial charge in [-0.05, 0) is 60.4 Å². The van der Waals surface area contributed by atoms with Crippen molar-refractivity contribution in [2.24, 2.45) is 5.73 Å². The van der Waals surface area contributed by atoms with Crippen molar-refractivity contribution in [3.05, 3.63) is 114 Å². The minimum atomic E-state index is -0.453. The lowest BCUT2D eigenvalue weighted by atomic mass is 10.1. The van der Waals surface area contributed by atoms with Crippen LogP contribution in [0.3, 0.4) is 0 Å². The fourth-order valence-electron chi connectivity index (χ4n) is 5.34. The zero-order valence-electron chi connectivity index (χ0n) is 21.8. The molecule has 1 aliphatic carbocycles. The third kappa shape index (κ3) is 5.36. The van der Waals surface area contributed by atoms with Crippen molar-refractivity contribution in [2.45, 2.75) is 44.9 Å². The van der Waals surface area contributed by atoms with E-state index < -0.39 is 5.91 Å². The van der Waals surface area contributed by atoms with Gasteiger partial charge in [0.25, 0.3) is 0 Å². The summed E-state index contributed by atoms with van der Waals surface area (Å²) in [6, 6.07) is 32.1. The molecular weight excluding hydrogens is 486 g/mol. The average molecular weight is 518 g/mol. The second kappa shape index (κ2) is 11.0. The number of carbonyl (C=O) groups is 1. The highest BCUT2D eigenvalue weighted by Gasteiger charge is 2.24. The Balaban J connectivity index is 1.40. The van der Waals surface area contributed by atoms with Crippen molar-refractivity contribution in [3.63, 3.8) is 0 Å². The van der Waals surface area contributed by atoms with Crippen LogP contribution in [0.1, 0.15) is 53.2 Å². The van der Waals surface area contributed by atoms with Crippen LogP contribution in [0.5, 0.6) is 11.5 Å². The first-order valence-corrected chi connectivity index (χ1v) is 13.5. The SMILES string of the molecule is NC(=O)c1ccc2c(c1)nc(-c1ccc(OCc3ccccc3)c(OCc3ccccc3)c1)n2C1CCCC1. The average Bonchev–Trinajstić information content (AvgIpc) is 3.64. The molecule has 6 nitrogen and oxygen atoms in total. The number of carbonyl (C=O) groups excluding carboxylic acids is 1. The van der Waals surface area contributed by atoms with E-state index >= 15 is 0 Å². The predicted molar refractivity (Wildman–Crippen MR) is 153 cm³/mol.